The molecule has 2 rings (SSSR count). The highest BCUT2D eigenvalue weighted by molar-refractivity contribution is 5.07. The van der Waals surface area contributed by atoms with E-state index in [2.05, 4.69) is 12.4 Å². The molecule has 1 atom stereocenters. The first-order chi connectivity index (χ1) is 4.87. The molecule has 2 heteroatoms. The monoisotopic (exact) mass is 141 g/mol. The molecule has 58 valence electrons. The molecule has 10 heavy (non-hydrogen) atoms. The fourth-order valence-electron chi connectivity index (χ4n) is 2.09. The molecule has 1 heterocycles. The summed E-state index contributed by atoms with van der Waals surface area (Å²) in [6.07, 6.45) is 3.93. The Morgan fingerprint density at radius 1 is 1.40 bits per heavy atom. The van der Waals surface area contributed by atoms with Gasteiger partial charge >= 0.3 is 0 Å². The van der Waals surface area contributed by atoms with Crippen molar-refractivity contribution in [1.82, 2.24) is 5.32 Å². The van der Waals surface area contributed by atoms with Crippen LogP contribution in [-0.2, 0) is 4.74 Å². The molecule has 1 saturated carbocycles. The zero-order valence-electron chi connectivity index (χ0n) is 6.52. The first kappa shape index (κ1) is 6.62. The summed E-state index contributed by atoms with van der Waals surface area (Å²) in [5.74, 6) is 0. The molecule has 2 aliphatic rings. The second kappa shape index (κ2) is 2.21. The molecule has 0 bridgehead atoms. The fraction of sp³-hybridized carbons (Fsp3) is 1.00. The van der Waals surface area contributed by atoms with Crippen LogP contribution in [0, 0.1) is 5.41 Å². The van der Waals surface area contributed by atoms with E-state index >= 15 is 0 Å². The standard InChI is InChI=1S/C8H15NO/c1-9-7-6-8(7)2-4-10-5-3-8/h7,9H,2-6H2,1H3. The van der Waals surface area contributed by atoms with Crippen molar-refractivity contribution in [3.05, 3.63) is 0 Å². The molecule has 1 spiro atoms. The summed E-state index contributed by atoms with van der Waals surface area (Å²) in [5, 5.41) is 3.34. The third-order valence-corrected chi connectivity index (χ3v) is 3.03. The van der Waals surface area contributed by atoms with E-state index in [0.717, 1.165) is 19.3 Å². The van der Waals surface area contributed by atoms with Crippen LogP contribution < -0.4 is 5.32 Å². The number of hydrogen-bond donors (Lipinski definition) is 1. The van der Waals surface area contributed by atoms with E-state index < -0.39 is 0 Å². The van der Waals surface area contributed by atoms with Gasteiger partial charge in [0.2, 0.25) is 0 Å². The molecular weight excluding hydrogens is 126 g/mol. The third-order valence-electron chi connectivity index (χ3n) is 3.03. The SMILES string of the molecule is CNC1CC12CCOCC2. The van der Waals surface area contributed by atoms with E-state index in [0.29, 0.717) is 5.41 Å². The van der Waals surface area contributed by atoms with Gasteiger partial charge < -0.3 is 10.1 Å². The highest BCUT2D eigenvalue weighted by Crippen LogP contribution is 2.53. The summed E-state index contributed by atoms with van der Waals surface area (Å²) in [6.45, 7) is 1.97. The predicted molar refractivity (Wildman–Crippen MR) is 40.0 cm³/mol. The Morgan fingerprint density at radius 3 is 2.60 bits per heavy atom. The zero-order valence-corrected chi connectivity index (χ0v) is 6.52. The Balaban J connectivity index is 1.92. The van der Waals surface area contributed by atoms with Crippen LogP contribution >= 0.6 is 0 Å². The summed E-state index contributed by atoms with van der Waals surface area (Å²) in [4.78, 5) is 0. The minimum atomic E-state index is 0.660. The number of hydrogen-bond acceptors (Lipinski definition) is 2. The molecular formula is C8H15NO. The van der Waals surface area contributed by atoms with Gasteiger partial charge in [-0.3, -0.25) is 0 Å². The summed E-state index contributed by atoms with van der Waals surface area (Å²) in [7, 11) is 2.06. The Kier molecular flexibility index (Phi) is 1.46. The summed E-state index contributed by atoms with van der Waals surface area (Å²) >= 11 is 0. The van der Waals surface area contributed by atoms with Crippen molar-refractivity contribution in [3.8, 4) is 0 Å². The Morgan fingerprint density at radius 2 is 2.10 bits per heavy atom. The smallest absolute Gasteiger partial charge is 0.0471 e. The van der Waals surface area contributed by atoms with E-state index in [4.69, 9.17) is 4.74 Å². The molecule has 1 saturated heterocycles. The largest absolute Gasteiger partial charge is 0.381 e. The zero-order chi connectivity index (χ0) is 7.03. The van der Waals surface area contributed by atoms with E-state index in [1.165, 1.54) is 19.3 Å². The van der Waals surface area contributed by atoms with Gasteiger partial charge in [0.1, 0.15) is 0 Å². The van der Waals surface area contributed by atoms with Crippen molar-refractivity contribution >= 4 is 0 Å². The minimum Gasteiger partial charge on any atom is -0.381 e. The van der Waals surface area contributed by atoms with Gasteiger partial charge in [-0.05, 0) is 31.7 Å². The van der Waals surface area contributed by atoms with Crippen LogP contribution in [0.15, 0.2) is 0 Å². The maximum Gasteiger partial charge on any atom is 0.0471 e. The third kappa shape index (κ3) is 0.867. The Bertz CT molecular complexity index is 129. The molecule has 0 aromatic carbocycles. The molecule has 0 radical (unpaired) electrons. The van der Waals surface area contributed by atoms with Crippen molar-refractivity contribution in [3.63, 3.8) is 0 Å². The van der Waals surface area contributed by atoms with Gasteiger partial charge in [0, 0.05) is 19.3 Å². The van der Waals surface area contributed by atoms with Crippen LogP contribution in [0.2, 0.25) is 0 Å². The first-order valence-corrected chi connectivity index (χ1v) is 4.12. The van der Waals surface area contributed by atoms with Crippen LogP contribution in [0.4, 0.5) is 0 Å². The normalized spacial score (nSPS) is 36.3. The van der Waals surface area contributed by atoms with E-state index in [9.17, 15) is 0 Å². The van der Waals surface area contributed by atoms with Gasteiger partial charge in [-0.25, -0.2) is 0 Å². The van der Waals surface area contributed by atoms with Crippen molar-refractivity contribution in [2.75, 3.05) is 20.3 Å². The molecule has 1 aliphatic carbocycles. The number of nitrogens with one attached hydrogen (secondary N) is 1. The lowest BCUT2D eigenvalue weighted by atomic mass is 9.96. The van der Waals surface area contributed by atoms with Crippen molar-refractivity contribution in [1.29, 1.82) is 0 Å². The number of rotatable bonds is 1. The summed E-state index contributed by atoms with van der Waals surface area (Å²) in [6, 6.07) is 0.802. The molecule has 2 nitrogen and oxygen atoms in total. The molecule has 1 N–H and O–H groups in total. The lowest BCUT2D eigenvalue weighted by Crippen LogP contribution is -2.25. The van der Waals surface area contributed by atoms with Crippen LogP contribution in [0.5, 0.6) is 0 Å². The molecule has 0 aromatic heterocycles. The van der Waals surface area contributed by atoms with Gasteiger partial charge in [-0.1, -0.05) is 0 Å². The maximum absolute atomic E-state index is 5.31. The fourth-order valence-corrected chi connectivity index (χ4v) is 2.09. The first-order valence-electron chi connectivity index (χ1n) is 4.12. The molecule has 1 aliphatic heterocycles. The average molecular weight is 141 g/mol. The van der Waals surface area contributed by atoms with Crippen LogP contribution in [0.1, 0.15) is 19.3 Å². The van der Waals surface area contributed by atoms with Gasteiger partial charge in [-0.15, -0.1) is 0 Å². The van der Waals surface area contributed by atoms with Gasteiger partial charge in [0.25, 0.3) is 0 Å². The molecule has 2 fully saturated rings. The maximum atomic E-state index is 5.31. The molecule has 0 amide bonds. The van der Waals surface area contributed by atoms with Crippen LogP contribution in [0.25, 0.3) is 0 Å². The second-order valence-corrected chi connectivity index (χ2v) is 3.52. The highest BCUT2D eigenvalue weighted by Gasteiger charge is 2.53. The summed E-state index contributed by atoms with van der Waals surface area (Å²) < 4.78 is 5.31. The molecule has 1 unspecified atom stereocenters. The van der Waals surface area contributed by atoms with Gasteiger partial charge in [0.05, 0.1) is 0 Å². The van der Waals surface area contributed by atoms with E-state index in [1.807, 2.05) is 0 Å². The van der Waals surface area contributed by atoms with Crippen molar-refractivity contribution < 1.29 is 4.74 Å². The topological polar surface area (TPSA) is 21.3 Å². The summed E-state index contributed by atoms with van der Waals surface area (Å²) in [5.41, 5.74) is 0.660. The highest BCUT2D eigenvalue weighted by atomic mass is 16.5. The second-order valence-electron chi connectivity index (χ2n) is 3.52. The quantitative estimate of drug-likeness (QED) is 0.582. The van der Waals surface area contributed by atoms with Crippen LogP contribution in [-0.4, -0.2) is 26.3 Å². The van der Waals surface area contributed by atoms with E-state index in [1.54, 1.807) is 0 Å². The molecule has 0 aromatic rings. The van der Waals surface area contributed by atoms with Crippen molar-refractivity contribution in [2.45, 2.75) is 25.3 Å². The van der Waals surface area contributed by atoms with Gasteiger partial charge in [-0.2, -0.15) is 0 Å². The van der Waals surface area contributed by atoms with Crippen molar-refractivity contribution in [2.24, 2.45) is 5.41 Å². The lowest BCUT2D eigenvalue weighted by molar-refractivity contribution is 0.0547. The minimum absolute atomic E-state index is 0.660. The predicted octanol–water partition coefficient (Wildman–Crippen LogP) is 0.775. The average Bonchev–Trinajstić information content (AvgIpc) is 2.65. The van der Waals surface area contributed by atoms with Gasteiger partial charge in [0.15, 0.2) is 0 Å². The van der Waals surface area contributed by atoms with Crippen LogP contribution in [0.3, 0.4) is 0 Å². The lowest BCUT2D eigenvalue weighted by Gasteiger charge is -2.22. The van der Waals surface area contributed by atoms with E-state index in [-0.39, 0.29) is 0 Å². The Labute approximate surface area is 61.9 Å². The Hall–Kier alpha value is -0.0800. The number of ether oxygens (including phenoxy) is 1.